The average molecular weight is 218 g/mol. The Morgan fingerprint density at radius 2 is 2.06 bits per heavy atom. The Morgan fingerprint density at radius 1 is 1.25 bits per heavy atom. The summed E-state index contributed by atoms with van der Waals surface area (Å²) in [6, 6.07) is 10.3. The first-order valence-corrected chi connectivity index (χ1v) is 5.89. The largest absolute Gasteiger partial charge is 0.341 e. The first-order chi connectivity index (χ1) is 7.86. The van der Waals surface area contributed by atoms with Gasteiger partial charge in [-0.05, 0) is 24.9 Å². The van der Waals surface area contributed by atoms with E-state index in [1.807, 2.05) is 23.1 Å². The smallest absolute Gasteiger partial charge is 0.236 e. The van der Waals surface area contributed by atoms with Gasteiger partial charge in [0.1, 0.15) is 0 Å². The van der Waals surface area contributed by atoms with Crippen LogP contribution in [0.3, 0.4) is 0 Å². The van der Waals surface area contributed by atoms with Gasteiger partial charge in [-0.3, -0.25) is 4.79 Å². The van der Waals surface area contributed by atoms with Crippen LogP contribution < -0.4 is 5.32 Å². The molecule has 0 atom stereocenters. The van der Waals surface area contributed by atoms with Crippen LogP contribution >= 0.6 is 0 Å². The van der Waals surface area contributed by atoms with Crippen LogP contribution in [0.5, 0.6) is 0 Å². The third kappa shape index (κ3) is 3.07. The van der Waals surface area contributed by atoms with Crippen molar-refractivity contribution in [1.29, 1.82) is 0 Å². The highest BCUT2D eigenvalue weighted by molar-refractivity contribution is 5.78. The molecule has 1 saturated heterocycles. The molecule has 3 nitrogen and oxygen atoms in total. The van der Waals surface area contributed by atoms with Gasteiger partial charge in [0.25, 0.3) is 0 Å². The van der Waals surface area contributed by atoms with E-state index in [2.05, 4.69) is 17.4 Å². The molecule has 2 rings (SSSR count). The molecule has 1 aliphatic rings. The lowest BCUT2D eigenvalue weighted by Gasteiger charge is -2.19. The van der Waals surface area contributed by atoms with Crippen molar-refractivity contribution in [3.63, 3.8) is 0 Å². The Balaban J connectivity index is 1.86. The molecule has 16 heavy (non-hydrogen) atoms. The number of carbonyl (C=O) groups excluding carboxylic acids is 1. The van der Waals surface area contributed by atoms with Gasteiger partial charge in [-0.15, -0.1) is 0 Å². The topological polar surface area (TPSA) is 32.3 Å². The molecule has 1 aliphatic heterocycles. The minimum absolute atomic E-state index is 0.230. The normalized spacial score (nSPS) is 17.2. The first kappa shape index (κ1) is 11.1. The number of amides is 1. The van der Waals surface area contributed by atoms with E-state index >= 15 is 0 Å². The summed E-state index contributed by atoms with van der Waals surface area (Å²) in [5.41, 5.74) is 1.30. The van der Waals surface area contributed by atoms with Gasteiger partial charge in [-0.2, -0.15) is 0 Å². The van der Waals surface area contributed by atoms with Crippen molar-refractivity contribution in [1.82, 2.24) is 10.2 Å². The molecule has 1 fully saturated rings. The number of benzene rings is 1. The lowest BCUT2D eigenvalue weighted by Crippen LogP contribution is -2.36. The fraction of sp³-hybridized carbons (Fsp3) is 0.462. The van der Waals surface area contributed by atoms with Gasteiger partial charge in [0.15, 0.2) is 0 Å². The van der Waals surface area contributed by atoms with Crippen LogP contribution in [-0.4, -0.2) is 37.0 Å². The van der Waals surface area contributed by atoms with Gasteiger partial charge in [0.2, 0.25) is 5.91 Å². The van der Waals surface area contributed by atoms with Crippen molar-refractivity contribution in [3.05, 3.63) is 35.9 Å². The van der Waals surface area contributed by atoms with Crippen molar-refractivity contribution in [2.75, 3.05) is 26.2 Å². The van der Waals surface area contributed by atoms with E-state index in [4.69, 9.17) is 0 Å². The third-order valence-corrected chi connectivity index (χ3v) is 2.92. The molecular formula is C13H18N2O. The second-order valence-electron chi connectivity index (χ2n) is 4.15. The molecule has 0 aliphatic carbocycles. The van der Waals surface area contributed by atoms with E-state index in [1.54, 1.807) is 0 Å². The number of hydrogen-bond acceptors (Lipinski definition) is 2. The van der Waals surface area contributed by atoms with Gasteiger partial charge >= 0.3 is 0 Å². The van der Waals surface area contributed by atoms with Crippen molar-refractivity contribution in [2.45, 2.75) is 12.8 Å². The number of hydrogen-bond donors (Lipinski definition) is 1. The van der Waals surface area contributed by atoms with Crippen molar-refractivity contribution in [3.8, 4) is 0 Å². The fourth-order valence-corrected chi connectivity index (χ4v) is 1.97. The van der Waals surface area contributed by atoms with Gasteiger partial charge in [-0.1, -0.05) is 30.3 Å². The fourth-order valence-electron chi connectivity index (χ4n) is 1.97. The Kier molecular flexibility index (Phi) is 3.94. The molecule has 3 heteroatoms. The maximum absolute atomic E-state index is 11.7. The van der Waals surface area contributed by atoms with Crippen LogP contribution in [0.15, 0.2) is 30.3 Å². The summed E-state index contributed by atoms with van der Waals surface area (Å²) in [4.78, 5) is 13.7. The molecule has 0 unspecified atom stereocenters. The first-order valence-electron chi connectivity index (χ1n) is 5.89. The standard InChI is InChI=1S/C13H18N2O/c16-13-11-14-8-4-9-15(13)10-7-12-5-2-1-3-6-12/h1-3,5-6,14H,4,7-11H2. The molecule has 1 amide bonds. The predicted octanol–water partition coefficient (Wildman–Crippen LogP) is 1.05. The predicted molar refractivity (Wildman–Crippen MR) is 64.2 cm³/mol. The monoisotopic (exact) mass is 218 g/mol. The summed E-state index contributed by atoms with van der Waals surface area (Å²) in [5, 5.41) is 3.13. The maximum atomic E-state index is 11.7. The number of nitrogens with one attached hydrogen (secondary N) is 1. The van der Waals surface area contributed by atoms with Crippen LogP contribution in [0.4, 0.5) is 0 Å². The summed E-state index contributed by atoms with van der Waals surface area (Å²) in [7, 11) is 0. The number of carbonyl (C=O) groups is 1. The molecule has 86 valence electrons. The van der Waals surface area contributed by atoms with Crippen molar-refractivity contribution in [2.24, 2.45) is 0 Å². The highest BCUT2D eigenvalue weighted by Crippen LogP contribution is 2.03. The summed E-state index contributed by atoms with van der Waals surface area (Å²) >= 11 is 0. The zero-order valence-corrected chi connectivity index (χ0v) is 9.48. The number of rotatable bonds is 3. The molecule has 0 saturated carbocycles. The summed E-state index contributed by atoms with van der Waals surface area (Å²) in [6.45, 7) is 3.17. The van der Waals surface area contributed by atoms with E-state index in [9.17, 15) is 4.79 Å². The molecule has 0 bridgehead atoms. The van der Waals surface area contributed by atoms with Crippen LogP contribution in [0.1, 0.15) is 12.0 Å². The van der Waals surface area contributed by atoms with E-state index in [0.717, 1.165) is 32.5 Å². The van der Waals surface area contributed by atoms with E-state index in [1.165, 1.54) is 5.56 Å². The maximum Gasteiger partial charge on any atom is 0.236 e. The third-order valence-electron chi connectivity index (χ3n) is 2.92. The Morgan fingerprint density at radius 3 is 2.88 bits per heavy atom. The molecule has 0 aromatic heterocycles. The second-order valence-corrected chi connectivity index (χ2v) is 4.15. The highest BCUT2D eigenvalue weighted by atomic mass is 16.2. The second kappa shape index (κ2) is 5.66. The van der Waals surface area contributed by atoms with E-state index < -0.39 is 0 Å². The lowest BCUT2D eigenvalue weighted by molar-refractivity contribution is -0.129. The van der Waals surface area contributed by atoms with Gasteiger partial charge in [-0.25, -0.2) is 0 Å². The zero-order valence-electron chi connectivity index (χ0n) is 9.48. The highest BCUT2D eigenvalue weighted by Gasteiger charge is 2.15. The van der Waals surface area contributed by atoms with E-state index in [0.29, 0.717) is 6.54 Å². The van der Waals surface area contributed by atoms with Crippen LogP contribution in [0, 0.1) is 0 Å². The van der Waals surface area contributed by atoms with Crippen molar-refractivity contribution < 1.29 is 4.79 Å². The minimum Gasteiger partial charge on any atom is -0.341 e. The molecular weight excluding hydrogens is 200 g/mol. The van der Waals surface area contributed by atoms with Crippen LogP contribution in [0.2, 0.25) is 0 Å². The zero-order chi connectivity index (χ0) is 11.2. The van der Waals surface area contributed by atoms with Gasteiger partial charge in [0.05, 0.1) is 6.54 Å². The summed E-state index contributed by atoms with van der Waals surface area (Å²) < 4.78 is 0. The molecule has 1 N–H and O–H groups in total. The SMILES string of the molecule is O=C1CNCCCN1CCc1ccccc1. The average Bonchev–Trinajstić information content (AvgIpc) is 2.53. The quantitative estimate of drug-likeness (QED) is 0.822. The Bertz CT molecular complexity index is 337. The van der Waals surface area contributed by atoms with Gasteiger partial charge in [0, 0.05) is 13.1 Å². The van der Waals surface area contributed by atoms with Crippen LogP contribution in [0.25, 0.3) is 0 Å². The van der Waals surface area contributed by atoms with Crippen molar-refractivity contribution >= 4 is 5.91 Å². The minimum atomic E-state index is 0.230. The summed E-state index contributed by atoms with van der Waals surface area (Å²) in [6.07, 6.45) is 2.01. The van der Waals surface area contributed by atoms with Gasteiger partial charge < -0.3 is 10.2 Å². The number of nitrogens with zero attached hydrogens (tertiary/aromatic N) is 1. The molecule has 1 aromatic rings. The molecule has 0 spiro atoms. The summed E-state index contributed by atoms with van der Waals surface area (Å²) in [5.74, 6) is 0.230. The lowest BCUT2D eigenvalue weighted by atomic mass is 10.1. The molecule has 1 aromatic carbocycles. The molecule has 0 radical (unpaired) electrons. The van der Waals surface area contributed by atoms with E-state index in [-0.39, 0.29) is 5.91 Å². The Labute approximate surface area is 96.5 Å². The Hall–Kier alpha value is -1.35. The van der Waals surface area contributed by atoms with Crippen LogP contribution in [-0.2, 0) is 11.2 Å². The molecule has 1 heterocycles.